The average molecular weight is 228 g/mol. The van der Waals surface area contributed by atoms with Gasteiger partial charge in [-0.05, 0) is 44.5 Å². The fourth-order valence-corrected chi connectivity index (χ4v) is 1.58. The Morgan fingerprint density at radius 2 is 2.20 bits per heavy atom. The minimum atomic E-state index is 0.534. The molecule has 0 amide bonds. The summed E-state index contributed by atoms with van der Waals surface area (Å²) in [5, 5.41) is 3.89. The molecule has 84 valence electrons. The predicted octanol–water partition coefficient (Wildman–Crippen LogP) is 2.89. The van der Waals surface area contributed by atoms with Gasteiger partial charge in [-0.3, -0.25) is 0 Å². The molecule has 0 fully saturated rings. The Kier molecular flexibility index (Phi) is 4.92. The van der Waals surface area contributed by atoms with E-state index < -0.39 is 0 Å². The summed E-state index contributed by atoms with van der Waals surface area (Å²) in [5.74, 6) is 0.756. The minimum absolute atomic E-state index is 0.534. The lowest BCUT2D eigenvalue weighted by molar-refractivity contribution is 0.414. The molecule has 0 aliphatic carbocycles. The van der Waals surface area contributed by atoms with Crippen LogP contribution in [-0.4, -0.2) is 20.2 Å². The third-order valence-electron chi connectivity index (χ3n) is 2.57. The van der Waals surface area contributed by atoms with Gasteiger partial charge in [0.2, 0.25) is 0 Å². The van der Waals surface area contributed by atoms with Crippen molar-refractivity contribution < 1.29 is 4.74 Å². The molecule has 0 saturated carbocycles. The maximum absolute atomic E-state index is 5.95. The van der Waals surface area contributed by atoms with E-state index >= 15 is 0 Å². The van der Waals surface area contributed by atoms with Gasteiger partial charge >= 0.3 is 0 Å². The van der Waals surface area contributed by atoms with E-state index in [-0.39, 0.29) is 0 Å². The number of methoxy groups -OCH3 is 1. The highest BCUT2D eigenvalue weighted by Crippen LogP contribution is 2.25. The molecule has 1 atom stereocenters. The molecule has 0 saturated heterocycles. The predicted molar refractivity (Wildman–Crippen MR) is 64.8 cm³/mol. The van der Waals surface area contributed by atoms with Crippen LogP contribution in [0.5, 0.6) is 5.75 Å². The van der Waals surface area contributed by atoms with E-state index in [9.17, 15) is 0 Å². The van der Waals surface area contributed by atoms with Gasteiger partial charge in [-0.25, -0.2) is 0 Å². The van der Waals surface area contributed by atoms with Crippen molar-refractivity contribution in [1.29, 1.82) is 0 Å². The summed E-state index contributed by atoms with van der Waals surface area (Å²) >= 11 is 5.95. The number of halogens is 1. The van der Waals surface area contributed by atoms with Gasteiger partial charge in [-0.1, -0.05) is 17.7 Å². The molecule has 3 heteroatoms. The number of nitrogens with one attached hydrogen (secondary N) is 1. The molecule has 0 spiro atoms. The van der Waals surface area contributed by atoms with E-state index in [0.29, 0.717) is 11.1 Å². The van der Waals surface area contributed by atoms with Crippen LogP contribution in [0.15, 0.2) is 18.2 Å². The summed E-state index contributed by atoms with van der Waals surface area (Å²) in [6, 6.07) is 6.48. The van der Waals surface area contributed by atoms with E-state index in [4.69, 9.17) is 16.3 Å². The first kappa shape index (κ1) is 12.3. The van der Waals surface area contributed by atoms with Crippen LogP contribution in [0.25, 0.3) is 0 Å². The molecule has 0 aromatic heterocycles. The molecule has 15 heavy (non-hydrogen) atoms. The van der Waals surface area contributed by atoms with Crippen molar-refractivity contribution in [2.75, 3.05) is 14.2 Å². The molecule has 1 aromatic rings. The SMILES string of the molecule is CNC(C)CCc1ccc(Cl)c(OC)c1. The van der Waals surface area contributed by atoms with Crippen LogP contribution >= 0.6 is 11.6 Å². The zero-order chi connectivity index (χ0) is 11.3. The van der Waals surface area contributed by atoms with Crippen LogP contribution in [0.4, 0.5) is 0 Å². The maximum Gasteiger partial charge on any atom is 0.137 e. The number of rotatable bonds is 5. The molecule has 1 N–H and O–H groups in total. The van der Waals surface area contributed by atoms with Gasteiger partial charge < -0.3 is 10.1 Å². The Labute approximate surface area is 96.6 Å². The highest BCUT2D eigenvalue weighted by Gasteiger charge is 2.03. The number of hydrogen-bond donors (Lipinski definition) is 1. The molecule has 1 rings (SSSR count). The van der Waals surface area contributed by atoms with E-state index in [0.717, 1.165) is 18.6 Å². The minimum Gasteiger partial charge on any atom is -0.495 e. The van der Waals surface area contributed by atoms with Gasteiger partial charge in [0.15, 0.2) is 0 Å². The fraction of sp³-hybridized carbons (Fsp3) is 0.500. The van der Waals surface area contributed by atoms with Crippen molar-refractivity contribution in [3.63, 3.8) is 0 Å². The second kappa shape index (κ2) is 5.99. The summed E-state index contributed by atoms with van der Waals surface area (Å²) in [5.41, 5.74) is 1.26. The van der Waals surface area contributed by atoms with Crippen molar-refractivity contribution in [2.24, 2.45) is 0 Å². The number of benzene rings is 1. The van der Waals surface area contributed by atoms with Gasteiger partial charge in [0.05, 0.1) is 12.1 Å². The Morgan fingerprint density at radius 1 is 1.47 bits per heavy atom. The highest BCUT2D eigenvalue weighted by atomic mass is 35.5. The number of ether oxygens (including phenoxy) is 1. The maximum atomic E-state index is 5.95. The number of aryl methyl sites for hydroxylation is 1. The van der Waals surface area contributed by atoms with Crippen molar-refractivity contribution >= 4 is 11.6 Å². The Bertz CT molecular complexity index is 314. The van der Waals surface area contributed by atoms with Gasteiger partial charge in [-0.15, -0.1) is 0 Å². The van der Waals surface area contributed by atoms with Crippen LogP contribution < -0.4 is 10.1 Å². The van der Waals surface area contributed by atoms with Crippen LogP contribution in [0.2, 0.25) is 5.02 Å². The molecule has 0 bridgehead atoms. The molecule has 1 aromatic carbocycles. The molecular formula is C12H18ClNO. The van der Waals surface area contributed by atoms with Gasteiger partial charge in [0.25, 0.3) is 0 Å². The number of hydrogen-bond acceptors (Lipinski definition) is 2. The molecule has 0 radical (unpaired) electrons. The fourth-order valence-electron chi connectivity index (χ4n) is 1.39. The molecule has 1 unspecified atom stereocenters. The van der Waals surface area contributed by atoms with Gasteiger partial charge in [0.1, 0.15) is 5.75 Å². The largest absolute Gasteiger partial charge is 0.495 e. The molecule has 0 aliphatic rings. The standard InChI is InChI=1S/C12H18ClNO/c1-9(14-2)4-5-10-6-7-11(13)12(8-10)15-3/h6-9,14H,4-5H2,1-3H3. The van der Waals surface area contributed by atoms with Crippen LogP contribution in [0.3, 0.4) is 0 Å². The Morgan fingerprint density at radius 3 is 2.80 bits per heavy atom. The third-order valence-corrected chi connectivity index (χ3v) is 2.89. The Hall–Kier alpha value is -0.730. The zero-order valence-electron chi connectivity index (χ0n) is 9.51. The average Bonchev–Trinajstić information content (AvgIpc) is 2.27. The van der Waals surface area contributed by atoms with Crippen LogP contribution in [0.1, 0.15) is 18.9 Å². The van der Waals surface area contributed by atoms with E-state index in [1.165, 1.54) is 5.56 Å². The normalized spacial score (nSPS) is 12.5. The topological polar surface area (TPSA) is 21.3 Å². The third kappa shape index (κ3) is 3.73. The smallest absolute Gasteiger partial charge is 0.137 e. The van der Waals surface area contributed by atoms with Crippen LogP contribution in [0, 0.1) is 0 Å². The summed E-state index contributed by atoms with van der Waals surface area (Å²) < 4.78 is 5.17. The second-order valence-electron chi connectivity index (χ2n) is 3.70. The molecule has 0 aliphatic heterocycles. The van der Waals surface area contributed by atoms with Crippen molar-refractivity contribution in [3.8, 4) is 5.75 Å². The second-order valence-corrected chi connectivity index (χ2v) is 4.10. The zero-order valence-corrected chi connectivity index (χ0v) is 10.3. The van der Waals surface area contributed by atoms with Crippen molar-refractivity contribution in [1.82, 2.24) is 5.32 Å². The summed E-state index contributed by atoms with van der Waals surface area (Å²) in [6.45, 7) is 2.17. The van der Waals surface area contributed by atoms with E-state index in [1.54, 1.807) is 7.11 Å². The lowest BCUT2D eigenvalue weighted by Gasteiger charge is -2.10. The van der Waals surface area contributed by atoms with Crippen molar-refractivity contribution in [2.45, 2.75) is 25.8 Å². The lowest BCUT2D eigenvalue weighted by Crippen LogP contribution is -2.21. The lowest BCUT2D eigenvalue weighted by atomic mass is 10.1. The Balaban J connectivity index is 2.62. The first-order valence-corrected chi connectivity index (χ1v) is 5.55. The molecule has 0 heterocycles. The van der Waals surface area contributed by atoms with E-state index in [1.807, 2.05) is 25.2 Å². The van der Waals surface area contributed by atoms with Gasteiger partial charge in [0, 0.05) is 6.04 Å². The monoisotopic (exact) mass is 227 g/mol. The first-order chi connectivity index (χ1) is 7.17. The van der Waals surface area contributed by atoms with Gasteiger partial charge in [-0.2, -0.15) is 0 Å². The van der Waals surface area contributed by atoms with Crippen LogP contribution in [-0.2, 0) is 6.42 Å². The summed E-state index contributed by atoms with van der Waals surface area (Å²) in [7, 11) is 3.62. The van der Waals surface area contributed by atoms with E-state index in [2.05, 4.69) is 12.2 Å². The molecular weight excluding hydrogens is 210 g/mol. The summed E-state index contributed by atoms with van der Waals surface area (Å²) in [4.78, 5) is 0. The first-order valence-electron chi connectivity index (χ1n) is 5.17. The highest BCUT2D eigenvalue weighted by molar-refractivity contribution is 6.32. The quantitative estimate of drug-likeness (QED) is 0.835. The summed E-state index contributed by atoms with van der Waals surface area (Å²) in [6.07, 6.45) is 2.15. The molecule has 2 nitrogen and oxygen atoms in total. The van der Waals surface area contributed by atoms with Crippen molar-refractivity contribution in [3.05, 3.63) is 28.8 Å².